The van der Waals surface area contributed by atoms with Gasteiger partial charge in [0.2, 0.25) is 0 Å². The van der Waals surface area contributed by atoms with Crippen LogP contribution in [-0.2, 0) is 0 Å². The van der Waals surface area contributed by atoms with Crippen molar-refractivity contribution in [2.45, 2.75) is 0 Å². The third kappa shape index (κ3) is 1.93. The molecule has 2 nitrogen and oxygen atoms in total. The molecule has 0 bridgehead atoms. The van der Waals surface area contributed by atoms with E-state index in [1.54, 1.807) is 0 Å². The zero-order valence-corrected chi connectivity index (χ0v) is 9.32. The van der Waals surface area contributed by atoms with Gasteiger partial charge in [-0.3, -0.25) is 0 Å². The van der Waals surface area contributed by atoms with Crippen LogP contribution in [0, 0.1) is 34.9 Å². The fourth-order valence-corrected chi connectivity index (χ4v) is 1.64. The average Bonchev–Trinajstić information content (AvgIpc) is 2.37. The van der Waals surface area contributed by atoms with Gasteiger partial charge in [-0.25, -0.2) is 26.3 Å². The zero-order chi connectivity index (χ0) is 15.2. The molecule has 0 saturated heterocycles. The van der Waals surface area contributed by atoms with Crippen molar-refractivity contribution >= 4 is 0 Å². The molecule has 2 aromatic rings. The van der Waals surface area contributed by atoms with Gasteiger partial charge >= 0.3 is 0 Å². The van der Waals surface area contributed by atoms with Crippen molar-refractivity contribution in [2.24, 2.45) is 0 Å². The molecule has 0 atom stereocenters. The summed E-state index contributed by atoms with van der Waals surface area (Å²) in [6.07, 6.45) is 0. The molecule has 0 aliphatic carbocycles. The Morgan fingerprint density at radius 2 is 0.850 bits per heavy atom. The molecule has 0 heterocycles. The van der Waals surface area contributed by atoms with E-state index in [2.05, 4.69) is 0 Å². The number of halogens is 6. The second-order valence-electron chi connectivity index (χ2n) is 3.76. The highest BCUT2D eigenvalue weighted by Crippen LogP contribution is 2.41. The van der Waals surface area contributed by atoms with Crippen molar-refractivity contribution in [3.05, 3.63) is 47.0 Å². The van der Waals surface area contributed by atoms with Crippen LogP contribution in [0.3, 0.4) is 0 Å². The third-order valence-electron chi connectivity index (χ3n) is 2.53. The Balaban J connectivity index is 2.90. The molecule has 0 fully saturated rings. The maximum absolute atomic E-state index is 13.5. The van der Waals surface area contributed by atoms with Crippen LogP contribution in [0.15, 0.2) is 12.1 Å². The minimum atomic E-state index is -2.07. The van der Waals surface area contributed by atoms with Crippen molar-refractivity contribution in [1.29, 1.82) is 0 Å². The second kappa shape index (κ2) is 4.62. The normalized spacial score (nSPS) is 10.9. The smallest absolute Gasteiger partial charge is 0.195 e. The molecule has 0 aliphatic rings. The number of hydrogen-bond donors (Lipinski definition) is 2. The summed E-state index contributed by atoms with van der Waals surface area (Å²) < 4.78 is 78.8. The number of phenolic OH excluding ortho intramolecular Hbond substituents is 2. The molecule has 0 radical (unpaired) electrons. The van der Waals surface area contributed by atoms with E-state index in [0.717, 1.165) is 0 Å². The van der Waals surface area contributed by atoms with Crippen molar-refractivity contribution in [2.75, 3.05) is 0 Å². The summed E-state index contributed by atoms with van der Waals surface area (Å²) in [7, 11) is 0. The summed E-state index contributed by atoms with van der Waals surface area (Å²) in [4.78, 5) is 0. The van der Waals surface area contributed by atoms with E-state index in [9.17, 15) is 36.6 Å². The Labute approximate surface area is 107 Å². The first kappa shape index (κ1) is 14.0. The molecule has 0 spiro atoms. The minimum Gasteiger partial charge on any atom is -0.507 e. The molecular formula is C12H4F6O2. The van der Waals surface area contributed by atoms with Gasteiger partial charge in [0.1, 0.15) is 11.5 Å². The van der Waals surface area contributed by atoms with E-state index < -0.39 is 57.5 Å². The fraction of sp³-hybridized carbons (Fsp3) is 0. The average molecular weight is 294 g/mol. The lowest BCUT2D eigenvalue weighted by molar-refractivity contribution is 0.410. The Kier molecular flexibility index (Phi) is 3.24. The summed E-state index contributed by atoms with van der Waals surface area (Å²) >= 11 is 0. The van der Waals surface area contributed by atoms with Crippen molar-refractivity contribution in [3.8, 4) is 22.6 Å². The summed E-state index contributed by atoms with van der Waals surface area (Å²) in [5, 5.41) is 18.6. The standard InChI is InChI=1S/C12H4F6O2/c13-3-1-5(19)7(11(17)9(3)15)8-6(20)2-4(14)10(16)12(8)18/h1-2,19-20H. The SMILES string of the molecule is Oc1cc(F)c(F)c(F)c1-c1c(O)cc(F)c(F)c1F. The largest absolute Gasteiger partial charge is 0.507 e. The summed E-state index contributed by atoms with van der Waals surface area (Å²) in [6, 6.07) is 0.210. The van der Waals surface area contributed by atoms with Gasteiger partial charge in [-0.1, -0.05) is 0 Å². The third-order valence-corrected chi connectivity index (χ3v) is 2.53. The maximum Gasteiger partial charge on any atom is 0.195 e. The summed E-state index contributed by atoms with van der Waals surface area (Å²) in [5.41, 5.74) is -2.64. The lowest BCUT2D eigenvalue weighted by Crippen LogP contribution is -2.00. The first-order valence-corrected chi connectivity index (χ1v) is 4.99. The lowest BCUT2D eigenvalue weighted by Gasteiger charge is -2.11. The number of rotatable bonds is 1. The van der Waals surface area contributed by atoms with Crippen molar-refractivity contribution in [3.63, 3.8) is 0 Å². The van der Waals surface area contributed by atoms with E-state index in [0.29, 0.717) is 0 Å². The number of benzene rings is 2. The molecule has 0 unspecified atom stereocenters. The van der Waals surface area contributed by atoms with Crippen molar-refractivity contribution < 1.29 is 36.6 Å². The van der Waals surface area contributed by atoms with E-state index in [-0.39, 0.29) is 12.1 Å². The molecule has 2 N–H and O–H groups in total. The second-order valence-corrected chi connectivity index (χ2v) is 3.76. The molecule has 0 amide bonds. The number of hydrogen-bond acceptors (Lipinski definition) is 2. The molecule has 20 heavy (non-hydrogen) atoms. The summed E-state index contributed by atoms with van der Waals surface area (Å²) in [5.74, 6) is -14.4. The predicted octanol–water partition coefficient (Wildman–Crippen LogP) is 3.60. The van der Waals surface area contributed by atoms with E-state index >= 15 is 0 Å². The van der Waals surface area contributed by atoms with E-state index in [4.69, 9.17) is 0 Å². The predicted molar refractivity (Wildman–Crippen MR) is 55.0 cm³/mol. The first-order valence-electron chi connectivity index (χ1n) is 4.99. The monoisotopic (exact) mass is 294 g/mol. The van der Waals surface area contributed by atoms with Gasteiger partial charge < -0.3 is 10.2 Å². The van der Waals surface area contributed by atoms with E-state index in [1.165, 1.54) is 0 Å². The topological polar surface area (TPSA) is 40.5 Å². The van der Waals surface area contributed by atoms with Crippen LogP contribution >= 0.6 is 0 Å². The van der Waals surface area contributed by atoms with Crippen LogP contribution in [0.25, 0.3) is 11.1 Å². The van der Waals surface area contributed by atoms with Gasteiger partial charge in [-0.15, -0.1) is 0 Å². The van der Waals surface area contributed by atoms with Gasteiger partial charge in [-0.05, 0) is 0 Å². The maximum atomic E-state index is 13.5. The number of phenols is 2. The van der Waals surface area contributed by atoms with Crippen LogP contribution in [-0.4, -0.2) is 10.2 Å². The van der Waals surface area contributed by atoms with Gasteiger partial charge in [0.15, 0.2) is 34.9 Å². The van der Waals surface area contributed by atoms with Crippen LogP contribution in [0.5, 0.6) is 11.5 Å². The molecule has 2 aromatic carbocycles. The lowest BCUT2D eigenvalue weighted by atomic mass is 10.0. The molecule has 0 saturated carbocycles. The molecule has 106 valence electrons. The highest BCUT2D eigenvalue weighted by atomic mass is 19.2. The molecule has 8 heteroatoms. The van der Waals surface area contributed by atoms with Gasteiger partial charge in [0.05, 0.1) is 11.1 Å². The molecule has 0 aliphatic heterocycles. The van der Waals surface area contributed by atoms with E-state index in [1.807, 2.05) is 0 Å². The molecule has 0 aromatic heterocycles. The quantitative estimate of drug-likeness (QED) is 0.623. The van der Waals surface area contributed by atoms with Gasteiger partial charge in [0, 0.05) is 12.1 Å². The van der Waals surface area contributed by atoms with Gasteiger partial charge in [-0.2, -0.15) is 0 Å². The zero-order valence-electron chi connectivity index (χ0n) is 9.32. The minimum absolute atomic E-state index is 0.105. The Hall–Kier alpha value is -2.38. The Morgan fingerprint density at radius 3 is 1.15 bits per heavy atom. The Bertz CT molecular complexity index is 653. The molecular weight excluding hydrogens is 290 g/mol. The first-order chi connectivity index (χ1) is 9.25. The molecule has 2 rings (SSSR count). The Morgan fingerprint density at radius 1 is 0.550 bits per heavy atom. The van der Waals surface area contributed by atoms with Crippen LogP contribution in [0.2, 0.25) is 0 Å². The van der Waals surface area contributed by atoms with Crippen molar-refractivity contribution in [1.82, 2.24) is 0 Å². The van der Waals surface area contributed by atoms with Crippen LogP contribution in [0.1, 0.15) is 0 Å². The van der Waals surface area contributed by atoms with Crippen LogP contribution in [0.4, 0.5) is 26.3 Å². The number of aromatic hydroxyl groups is 2. The highest BCUT2D eigenvalue weighted by Gasteiger charge is 2.27. The fourth-order valence-electron chi connectivity index (χ4n) is 1.64. The van der Waals surface area contributed by atoms with Crippen LogP contribution < -0.4 is 0 Å². The highest BCUT2D eigenvalue weighted by molar-refractivity contribution is 5.76. The van der Waals surface area contributed by atoms with Gasteiger partial charge in [0.25, 0.3) is 0 Å². The summed E-state index contributed by atoms with van der Waals surface area (Å²) in [6.45, 7) is 0.